The van der Waals surface area contributed by atoms with Crippen LogP contribution in [0.1, 0.15) is 21.6 Å². The Hall–Kier alpha value is -1.42. The first kappa shape index (κ1) is 11.1. The number of aromatic nitrogens is 1. The number of carboxylic acid groups (broad SMARTS) is 1. The van der Waals surface area contributed by atoms with Crippen LogP contribution in [-0.4, -0.2) is 16.1 Å². The SMILES string of the molecule is Cc1c(C(=O)O)nc2ccc(Br)cc2c1C. The second-order valence-electron chi connectivity index (χ2n) is 3.68. The van der Waals surface area contributed by atoms with Gasteiger partial charge in [0.25, 0.3) is 0 Å². The zero-order valence-electron chi connectivity index (χ0n) is 8.91. The average Bonchev–Trinajstić information content (AvgIpc) is 2.23. The van der Waals surface area contributed by atoms with E-state index in [4.69, 9.17) is 5.11 Å². The lowest BCUT2D eigenvalue weighted by Crippen LogP contribution is -2.05. The predicted octanol–water partition coefficient (Wildman–Crippen LogP) is 3.31. The Kier molecular flexibility index (Phi) is 2.68. The molecule has 0 bridgehead atoms. The maximum absolute atomic E-state index is 11.0. The van der Waals surface area contributed by atoms with Crippen LogP contribution in [0.4, 0.5) is 0 Å². The average molecular weight is 280 g/mol. The molecule has 2 rings (SSSR count). The number of fused-ring (bicyclic) bond motifs is 1. The molecule has 82 valence electrons. The number of aromatic carboxylic acids is 1. The van der Waals surface area contributed by atoms with E-state index in [9.17, 15) is 4.79 Å². The summed E-state index contributed by atoms with van der Waals surface area (Å²) in [6.07, 6.45) is 0. The van der Waals surface area contributed by atoms with E-state index in [1.807, 2.05) is 25.1 Å². The third-order valence-corrected chi connectivity index (χ3v) is 3.21. The van der Waals surface area contributed by atoms with Crippen molar-refractivity contribution in [1.82, 2.24) is 4.98 Å². The van der Waals surface area contributed by atoms with Gasteiger partial charge in [0, 0.05) is 9.86 Å². The fourth-order valence-electron chi connectivity index (χ4n) is 1.70. The number of hydrogen-bond donors (Lipinski definition) is 1. The van der Waals surface area contributed by atoms with E-state index < -0.39 is 5.97 Å². The van der Waals surface area contributed by atoms with Crippen LogP contribution in [0.2, 0.25) is 0 Å². The van der Waals surface area contributed by atoms with Crippen LogP contribution in [0, 0.1) is 13.8 Å². The number of benzene rings is 1. The summed E-state index contributed by atoms with van der Waals surface area (Å²) in [4.78, 5) is 15.2. The molecule has 16 heavy (non-hydrogen) atoms. The highest BCUT2D eigenvalue weighted by atomic mass is 79.9. The lowest BCUT2D eigenvalue weighted by molar-refractivity contribution is 0.0690. The maximum atomic E-state index is 11.0. The van der Waals surface area contributed by atoms with E-state index in [0.717, 1.165) is 21.0 Å². The second kappa shape index (κ2) is 3.87. The number of halogens is 1. The lowest BCUT2D eigenvalue weighted by atomic mass is 10.0. The highest BCUT2D eigenvalue weighted by Gasteiger charge is 2.13. The summed E-state index contributed by atoms with van der Waals surface area (Å²) in [6.45, 7) is 3.70. The van der Waals surface area contributed by atoms with Crippen LogP contribution in [0.3, 0.4) is 0 Å². The summed E-state index contributed by atoms with van der Waals surface area (Å²) < 4.78 is 0.965. The summed E-state index contributed by atoms with van der Waals surface area (Å²) >= 11 is 3.39. The summed E-state index contributed by atoms with van der Waals surface area (Å²) in [5.41, 5.74) is 2.53. The molecule has 0 fully saturated rings. The maximum Gasteiger partial charge on any atom is 0.354 e. The normalized spacial score (nSPS) is 10.7. The molecule has 0 aliphatic carbocycles. The van der Waals surface area contributed by atoms with Crippen LogP contribution in [-0.2, 0) is 0 Å². The molecular formula is C12H10BrNO2. The third-order valence-electron chi connectivity index (χ3n) is 2.72. The van der Waals surface area contributed by atoms with Crippen molar-refractivity contribution >= 4 is 32.8 Å². The molecule has 1 N–H and O–H groups in total. The minimum atomic E-state index is -0.981. The van der Waals surface area contributed by atoms with Gasteiger partial charge in [-0.2, -0.15) is 0 Å². The first-order valence-electron chi connectivity index (χ1n) is 4.80. The van der Waals surface area contributed by atoms with E-state index >= 15 is 0 Å². The lowest BCUT2D eigenvalue weighted by Gasteiger charge is -2.08. The Balaban J connectivity index is 2.88. The van der Waals surface area contributed by atoms with Crippen LogP contribution >= 0.6 is 15.9 Å². The number of rotatable bonds is 1. The standard InChI is InChI=1S/C12H10BrNO2/c1-6-7(2)11(12(15)16)14-10-4-3-8(13)5-9(6)10/h3-5H,1-2H3,(H,15,16). The Bertz CT molecular complexity index is 593. The predicted molar refractivity (Wildman–Crippen MR) is 65.9 cm³/mol. The van der Waals surface area contributed by atoms with Gasteiger partial charge in [0.15, 0.2) is 5.69 Å². The molecular weight excluding hydrogens is 270 g/mol. The number of pyridine rings is 1. The molecule has 1 aromatic heterocycles. The number of hydrogen-bond acceptors (Lipinski definition) is 2. The topological polar surface area (TPSA) is 50.2 Å². The molecule has 2 aromatic rings. The molecule has 0 unspecified atom stereocenters. The molecule has 0 saturated heterocycles. The van der Waals surface area contributed by atoms with E-state index in [-0.39, 0.29) is 5.69 Å². The molecule has 0 amide bonds. The summed E-state index contributed by atoms with van der Waals surface area (Å²) in [7, 11) is 0. The molecule has 1 heterocycles. The van der Waals surface area contributed by atoms with E-state index in [1.54, 1.807) is 6.92 Å². The minimum absolute atomic E-state index is 0.132. The van der Waals surface area contributed by atoms with Gasteiger partial charge in [-0.05, 0) is 43.2 Å². The first-order chi connectivity index (χ1) is 7.50. The zero-order chi connectivity index (χ0) is 11.9. The van der Waals surface area contributed by atoms with Gasteiger partial charge >= 0.3 is 5.97 Å². The third kappa shape index (κ3) is 1.69. The molecule has 0 spiro atoms. The Morgan fingerprint density at radius 2 is 2.00 bits per heavy atom. The van der Waals surface area contributed by atoms with Crippen molar-refractivity contribution in [3.63, 3.8) is 0 Å². The molecule has 0 aliphatic rings. The van der Waals surface area contributed by atoms with E-state index in [0.29, 0.717) is 5.52 Å². The largest absolute Gasteiger partial charge is 0.477 e. The van der Waals surface area contributed by atoms with Crippen molar-refractivity contribution in [2.45, 2.75) is 13.8 Å². The van der Waals surface area contributed by atoms with Gasteiger partial charge in [-0.3, -0.25) is 0 Å². The number of nitrogens with zero attached hydrogens (tertiary/aromatic N) is 1. The Labute approximate surface area is 101 Å². The molecule has 0 saturated carbocycles. The van der Waals surface area contributed by atoms with Crippen LogP contribution < -0.4 is 0 Å². The van der Waals surface area contributed by atoms with Crippen molar-refractivity contribution < 1.29 is 9.90 Å². The van der Waals surface area contributed by atoms with Crippen LogP contribution in [0.15, 0.2) is 22.7 Å². The van der Waals surface area contributed by atoms with Crippen molar-refractivity contribution in [2.75, 3.05) is 0 Å². The summed E-state index contributed by atoms with van der Waals surface area (Å²) in [5.74, 6) is -0.981. The van der Waals surface area contributed by atoms with Gasteiger partial charge in [0.1, 0.15) is 0 Å². The first-order valence-corrected chi connectivity index (χ1v) is 5.59. The summed E-state index contributed by atoms with van der Waals surface area (Å²) in [5, 5.41) is 10.0. The summed E-state index contributed by atoms with van der Waals surface area (Å²) in [6, 6.07) is 5.63. The number of aryl methyl sites for hydroxylation is 1. The number of carbonyl (C=O) groups is 1. The Morgan fingerprint density at radius 1 is 1.31 bits per heavy atom. The fraction of sp³-hybridized carbons (Fsp3) is 0.167. The minimum Gasteiger partial charge on any atom is -0.477 e. The second-order valence-corrected chi connectivity index (χ2v) is 4.59. The van der Waals surface area contributed by atoms with Crippen molar-refractivity contribution in [1.29, 1.82) is 0 Å². The van der Waals surface area contributed by atoms with Crippen LogP contribution in [0.5, 0.6) is 0 Å². The quantitative estimate of drug-likeness (QED) is 0.871. The highest BCUT2D eigenvalue weighted by Crippen LogP contribution is 2.25. The molecule has 3 nitrogen and oxygen atoms in total. The molecule has 0 radical (unpaired) electrons. The van der Waals surface area contributed by atoms with Crippen molar-refractivity contribution in [3.8, 4) is 0 Å². The smallest absolute Gasteiger partial charge is 0.354 e. The molecule has 1 aromatic carbocycles. The monoisotopic (exact) mass is 279 g/mol. The fourth-order valence-corrected chi connectivity index (χ4v) is 2.06. The zero-order valence-corrected chi connectivity index (χ0v) is 10.5. The van der Waals surface area contributed by atoms with Gasteiger partial charge in [0.2, 0.25) is 0 Å². The molecule has 0 atom stereocenters. The Morgan fingerprint density at radius 3 is 2.62 bits per heavy atom. The molecule has 4 heteroatoms. The number of carboxylic acids is 1. The van der Waals surface area contributed by atoms with Gasteiger partial charge < -0.3 is 5.11 Å². The van der Waals surface area contributed by atoms with Gasteiger partial charge in [-0.1, -0.05) is 15.9 Å². The molecule has 0 aliphatic heterocycles. The van der Waals surface area contributed by atoms with E-state index in [2.05, 4.69) is 20.9 Å². The van der Waals surface area contributed by atoms with Gasteiger partial charge in [-0.15, -0.1) is 0 Å². The van der Waals surface area contributed by atoms with Gasteiger partial charge in [-0.25, -0.2) is 9.78 Å². The van der Waals surface area contributed by atoms with Crippen molar-refractivity contribution in [2.24, 2.45) is 0 Å². The highest BCUT2D eigenvalue weighted by molar-refractivity contribution is 9.10. The van der Waals surface area contributed by atoms with Crippen LogP contribution in [0.25, 0.3) is 10.9 Å². The van der Waals surface area contributed by atoms with E-state index in [1.165, 1.54) is 0 Å². The van der Waals surface area contributed by atoms with Crippen molar-refractivity contribution in [3.05, 3.63) is 39.5 Å². The van der Waals surface area contributed by atoms with Gasteiger partial charge in [0.05, 0.1) is 5.52 Å².